The Balaban J connectivity index is 2.13. The minimum atomic E-state index is -1.35. The Morgan fingerprint density at radius 2 is 2.27 bits per heavy atom. The number of ether oxygens (including phenoxy) is 2. The van der Waals surface area contributed by atoms with Crippen molar-refractivity contribution in [2.45, 2.75) is 18.7 Å². The Morgan fingerprint density at radius 1 is 1.50 bits per heavy atom. The number of amides is 2. The molecule has 0 saturated carbocycles. The zero-order valence-electron chi connectivity index (χ0n) is 11.7. The molecule has 0 spiro atoms. The quantitative estimate of drug-likeness (QED) is 0.651. The van der Waals surface area contributed by atoms with Crippen molar-refractivity contribution in [1.29, 1.82) is 0 Å². The molecule has 2 N–H and O–H groups in total. The number of hydrogen-bond donors (Lipinski definition) is 2. The molecule has 1 fully saturated rings. The van der Waals surface area contributed by atoms with Crippen LogP contribution in [0.2, 0.25) is 5.02 Å². The van der Waals surface area contributed by atoms with E-state index >= 15 is 0 Å². The molecule has 3 atom stereocenters. The number of nitrogens with one attached hydrogen (secondary N) is 2. The molecule has 3 rings (SSSR count). The number of alkyl halides is 1. The molecule has 2 amide bonds. The van der Waals surface area contributed by atoms with Gasteiger partial charge in [-0.2, -0.15) is 0 Å². The molecule has 2 bridgehead atoms. The first-order valence-electron chi connectivity index (χ1n) is 6.80. The van der Waals surface area contributed by atoms with Crippen molar-refractivity contribution in [3.63, 3.8) is 0 Å². The van der Waals surface area contributed by atoms with Gasteiger partial charge in [0.05, 0.1) is 18.5 Å². The number of hydrogen-bond acceptors (Lipinski definition) is 4. The van der Waals surface area contributed by atoms with E-state index in [1.54, 1.807) is 25.1 Å². The van der Waals surface area contributed by atoms with Crippen molar-refractivity contribution in [2.24, 2.45) is 5.92 Å². The molecular formula is C14H14Cl2N2O4. The maximum Gasteiger partial charge on any atom is 0.318 e. The third-order valence-corrected chi connectivity index (χ3v) is 4.42. The van der Waals surface area contributed by atoms with Gasteiger partial charge >= 0.3 is 12.0 Å². The predicted molar refractivity (Wildman–Crippen MR) is 80.1 cm³/mol. The zero-order valence-corrected chi connectivity index (χ0v) is 13.2. The van der Waals surface area contributed by atoms with Gasteiger partial charge in [-0.05, 0) is 25.1 Å². The van der Waals surface area contributed by atoms with Crippen LogP contribution in [0, 0.1) is 5.92 Å². The highest BCUT2D eigenvalue weighted by atomic mass is 35.5. The molecule has 22 heavy (non-hydrogen) atoms. The van der Waals surface area contributed by atoms with Gasteiger partial charge in [0.15, 0.2) is 0 Å². The van der Waals surface area contributed by atoms with Gasteiger partial charge in [-0.15, -0.1) is 11.6 Å². The Hall–Kier alpha value is -1.66. The number of esters is 1. The maximum atomic E-state index is 12.4. The summed E-state index contributed by atoms with van der Waals surface area (Å²) in [5.41, 5.74) is -0.720. The average molecular weight is 345 g/mol. The van der Waals surface area contributed by atoms with E-state index in [0.717, 1.165) is 0 Å². The molecule has 0 radical (unpaired) electrons. The number of halogens is 2. The van der Waals surface area contributed by atoms with Crippen LogP contribution in [0.4, 0.5) is 4.79 Å². The molecule has 0 aliphatic carbocycles. The van der Waals surface area contributed by atoms with Crippen LogP contribution in [0.3, 0.4) is 0 Å². The van der Waals surface area contributed by atoms with E-state index in [2.05, 4.69) is 10.6 Å². The van der Waals surface area contributed by atoms with Gasteiger partial charge in [-0.1, -0.05) is 11.6 Å². The van der Waals surface area contributed by atoms with Crippen LogP contribution in [-0.4, -0.2) is 30.2 Å². The lowest BCUT2D eigenvalue weighted by Gasteiger charge is -2.49. The third kappa shape index (κ3) is 2.27. The minimum Gasteiger partial charge on any atom is -0.466 e. The fourth-order valence-electron chi connectivity index (χ4n) is 2.90. The molecule has 2 heterocycles. The topological polar surface area (TPSA) is 76.7 Å². The Morgan fingerprint density at radius 3 is 2.95 bits per heavy atom. The highest BCUT2D eigenvalue weighted by molar-refractivity contribution is 6.30. The Kier molecular flexibility index (Phi) is 3.82. The highest BCUT2D eigenvalue weighted by Gasteiger charge is 2.58. The molecule has 0 aromatic heterocycles. The van der Waals surface area contributed by atoms with E-state index < -0.39 is 29.7 Å². The lowest BCUT2D eigenvalue weighted by atomic mass is 9.80. The first-order valence-corrected chi connectivity index (χ1v) is 7.71. The molecule has 1 aromatic carbocycles. The molecule has 8 heteroatoms. The number of carbonyl (C=O) groups excluding carboxylic acids is 2. The Labute approximate surface area is 137 Å². The maximum absolute atomic E-state index is 12.4. The van der Waals surface area contributed by atoms with Gasteiger partial charge in [-0.3, -0.25) is 10.1 Å². The molecule has 2 aliphatic rings. The van der Waals surface area contributed by atoms with Crippen molar-refractivity contribution in [3.05, 3.63) is 28.8 Å². The summed E-state index contributed by atoms with van der Waals surface area (Å²) in [5, 5.41) is 5.83. The van der Waals surface area contributed by atoms with Crippen LogP contribution < -0.4 is 15.4 Å². The van der Waals surface area contributed by atoms with Crippen LogP contribution in [0.5, 0.6) is 5.75 Å². The average Bonchev–Trinajstić information content (AvgIpc) is 2.47. The van der Waals surface area contributed by atoms with Crippen LogP contribution in [0.15, 0.2) is 18.2 Å². The number of urea groups is 1. The van der Waals surface area contributed by atoms with Crippen molar-refractivity contribution in [2.75, 3.05) is 12.5 Å². The van der Waals surface area contributed by atoms with Gasteiger partial charge in [0.25, 0.3) is 0 Å². The second kappa shape index (κ2) is 5.52. The summed E-state index contributed by atoms with van der Waals surface area (Å²) in [7, 11) is 0. The second-order valence-electron chi connectivity index (χ2n) is 5.11. The van der Waals surface area contributed by atoms with E-state index in [1.165, 1.54) is 0 Å². The van der Waals surface area contributed by atoms with Crippen molar-refractivity contribution < 1.29 is 19.1 Å². The molecule has 1 aromatic rings. The SMILES string of the molecule is CCOC(=O)C1C2NC(=O)NC1(CCl)Oc1ccc(Cl)cc12. The van der Waals surface area contributed by atoms with Crippen molar-refractivity contribution in [1.82, 2.24) is 10.6 Å². The van der Waals surface area contributed by atoms with Crippen molar-refractivity contribution >= 4 is 35.2 Å². The van der Waals surface area contributed by atoms with Crippen LogP contribution in [0.1, 0.15) is 18.5 Å². The van der Waals surface area contributed by atoms with Gasteiger partial charge in [0, 0.05) is 10.6 Å². The van der Waals surface area contributed by atoms with E-state index in [1.807, 2.05) is 0 Å². The smallest absolute Gasteiger partial charge is 0.318 e. The van der Waals surface area contributed by atoms with E-state index in [0.29, 0.717) is 16.3 Å². The number of fused-ring (bicyclic) bond motifs is 4. The van der Waals surface area contributed by atoms with Crippen LogP contribution >= 0.6 is 23.2 Å². The summed E-state index contributed by atoms with van der Waals surface area (Å²) in [6.07, 6.45) is 0. The normalized spacial score (nSPS) is 28.8. The predicted octanol–water partition coefficient (Wildman–Crippen LogP) is 2.20. The molecular weight excluding hydrogens is 331 g/mol. The van der Waals surface area contributed by atoms with E-state index in [-0.39, 0.29) is 12.5 Å². The number of rotatable bonds is 3. The van der Waals surface area contributed by atoms with Gasteiger partial charge < -0.3 is 14.8 Å². The molecule has 1 saturated heterocycles. The molecule has 3 unspecified atom stereocenters. The first-order chi connectivity index (χ1) is 10.5. The summed E-state index contributed by atoms with van der Waals surface area (Å²) in [6, 6.07) is 3.94. The number of benzene rings is 1. The fourth-order valence-corrected chi connectivity index (χ4v) is 3.37. The summed E-state index contributed by atoms with van der Waals surface area (Å²) in [5.74, 6) is -0.884. The monoisotopic (exact) mass is 344 g/mol. The number of carbonyl (C=O) groups is 2. The largest absolute Gasteiger partial charge is 0.466 e. The Bertz CT molecular complexity index is 639. The van der Waals surface area contributed by atoms with Crippen molar-refractivity contribution in [3.8, 4) is 5.75 Å². The highest BCUT2D eigenvalue weighted by Crippen LogP contribution is 2.46. The first kappa shape index (κ1) is 15.2. The summed E-state index contributed by atoms with van der Waals surface area (Å²) in [4.78, 5) is 24.3. The molecule has 2 aliphatic heterocycles. The second-order valence-corrected chi connectivity index (χ2v) is 5.82. The van der Waals surface area contributed by atoms with E-state index in [4.69, 9.17) is 32.7 Å². The minimum absolute atomic E-state index is 0.0948. The zero-order chi connectivity index (χ0) is 15.9. The lowest BCUT2D eigenvalue weighted by molar-refractivity contribution is -0.162. The summed E-state index contributed by atoms with van der Waals surface area (Å²) < 4.78 is 11.0. The van der Waals surface area contributed by atoms with Gasteiger partial charge in [-0.25, -0.2) is 4.79 Å². The van der Waals surface area contributed by atoms with E-state index in [9.17, 15) is 9.59 Å². The summed E-state index contributed by atoms with van der Waals surface area (Å²) >= 11 is 12.1. The summed E-state index contributed by atoms with van der Waals surface area (Å²) in [6.45, 7) is 1.93. The van der Waals surface area contributed by atoms with Crippen LogP contribution in [0.25, 0.3) is 0 Å². The fraction of sp³-hybridized carbons (Fsp3) is 0.429. The molecule has 118 valence electrons. The van der Waals surface area contributed by atoms with Gasteiger partial charge in [0.1, 0.15) is 11.7 Å². The lowest BCUT2D eigenvalue weighted by Crippen LogP contribution is -2.72. The van der Waals surface area contributed by atoms with Crippen LogP contribution in [-0.2, 0) is 9.53 Å². The van der Waals surface area contributed by atoms with Gasteiger partial charge in [0.2, 0.25) is 5.72 Å². The third-order valence-electron chi connectivity index (χ3n) is 3.79. The standard InChI is InChI=1S/C14H14Cl2N2O4/c1-2-21-12(19)10-11-8-5-7(16)3-4-9(8)22-14(10,6-15)18-13(20)17-11/h3-5,10-11H,2,6H2,1H3,(H2,17,18,20). The molecule has 6 nitrogen and oxygen atoms in total.